The zero-order valence-electron chi connectivity index (χ0n) is 15.7. The number of carbonyl (C=O) groups excluding carboxylic acids is 2. The normalized spacial score (nSPS) is 17.3. The van der Waals surface area contributed by atoms with Crippen molar-refractivity contribution < 1.29 is 22.8 Å². The van der Waals surface area contributed by atoms with Gasteiger partial charge in [-0.05, 0) is 24.1 Å². The smallest absolute Gasteiger partial charge is 0.355 e. The Morgan fingerprint density at radius 3 is 2.83 bits per heavy atom. The summed E-state index contributed by atoms with van der Waals surface area (Å²) in [5.41, 5.74) is 0.396. The molecule has 0 radical (unpaired) electrons. The van der Waals surface area contributed by atoms with Gasteiger partial charge in [0.1, 0.15) is 0 Å². The van der Waals surface area contributed by atoms with Crippen LogP contribution in [0.3, 0.4) is 0 Å². The van der Waals surface area contributed by atoms with Crippen LogP contribution in [0, 0.1) is 5.92 Å². The minimum Gasteiger partial charge on any atom is -0.355 e. The minimum absolute atomic E-state index is 0.0478. The Kier molecular flexibility index (Phi) is 6.46. The second-order valence-electron chi connectivity index (χ2n) is 6.95. The van der Waals surface area contributed by atoms with Gasteiger partial charge >= 0.3 is 6.18 Å². The fourth-order valence-electron chi connectivity index (χ4n) is 3.27. The molecular weight excluding hydrogens is 385 g/mol. The van der Waals surface area contributed by atoms with Crippen molar-refractivity contribution in [2.24, 2.45) is 5.92 Å². The average Bonchev–Trinajstić information content (AvgIpc) is 2.70. The number of hydrogen-bond donors (Lipinski definition) is 1. The SMILES string of the molecule is O=C(NCCc1cnccn1)C1CCC(=O)N(Cc2cccc(C(F)(F)F)c2)C1. The lowest BCUT2D eigenvalue weighted by atomic mass is 9.96. The molecule has 1 unspecified atom stereocenters. The van der Waals surface area contributed by atoms with Gasteiger partial charge in [0.15, 0.2) is 0 Å². The molecule has 154 valence electrons. The van der Waals surface area contributed by atoms with Gasteiger partial charge in [-0.1, -0.05) is 12.1 Å². The number of nitrogens with one attached hydrogen (secondary N) is 1. The molecule has 1 aliphatic heterocycles. The van der Waals surface area contributed by atoms with Crippen molar-refractivity contribution in [3.63, 3.8) is 0 Å². The largest absolute Gasteiger partial charge is 0.416 e. The number of carbonyl (C=O) groups is 2. The summed E-state index contributed by atoms with van der Waals surface area (Å²) in [6.07, 6.45) is 1.50. The van der Waals surface area contributed by atoms with Crippen LogP contribution >= 0.6 is 0 Å². The van der Waals surface area contributed by atoms with E-state index < -0.39 is 11.7 Å². The molecule has 1 aromatic heterocycles. The van der Waals surface area contributed by atoms with E-state index >= 15 is 0 Å². The molecule has 1 fully saturated rings. The predicted octanol–water partition coefficient (Wildman–Crippen LogP) is 2.59. The molecule has 0 spiro atoms. The van der Waals surface area contributed by atoms with E-state index in [1.54, 1.807) is 24.7 Å². The monoisotopic (exact) mass is 406 g/mol. The summed E-state index contributed by atoms with van der Waals surface area (Å²) >= 11 is 0. The molecule has 1 aromatic carbocycles. The highest BCUT2D eigenvalue weighted by atomic mass is 19.4. The van der Waals surface area contributed by atoms with Crippen LogP contribution in [-0.4, -0.2) is 39.8 Å². The van der Waals surface area contributed by atoms with Crippen LogP contribution in [0.25, 0.3) is 0 Å². The molecule has 2 aromatic rings. The van der Waals surface area contributed by atoms with Gasteiger partial charge in [0, 0.05) is 51.1 Å². The Labute approximate surface area is 166 Å². The summed E-state index contributed by atoms with van der Waals surface area (Å²) in [5.74, 6) is -0.721. The Hall–Kier alpha value is -2.97. The van der Waals surface area contributed by atoms with E-state index in [-0.39, 0.29) is 37.2 Å². The second-order valence-corrected chi connectivity index (χ2v) is 6.95. The highest BCUT2D eigenvalue weighted by molar-refractivity contribution is 5.83. The molecule has 29 heavy (non-hydrogen) atoms. The molecule has 1 N–H and O–H groups in total. The maximum atomic E-state index is 12.9. The number of aromatic nitrogens is 2. The highest BCUT2D eigenvalue weighted by Gasteiger charge is 2.32. The van der Waals surface area contributed by atoms with Crippen molar-refractivity contribution in [3.05, 3.63) is 59.7 Å². The van der Waals surface area contributed by atoms with Gasteiger partial charge < -0.3 is 10.2 Å². The summed E-state index contributed by atoms with van der Waals surface area (Å²) in [6, 6.07) is 4.91. The van der Waals surface area contributed by atoms with Crippen molar-refractivity contribution >= 4 is 11.8 Å². The van der Waals surface area contributed by atoms with E-state index in [0.717, 1.165) is 17.8 Å². The molecule has 6 nitrogen and oxygen atoms in total. The Morgan fingerprint density at radius 2 is 2.10 bits per heavy atom. The second kappa shape index (κ2) is 9.02. The first kappa shape index (κ1) is 20.8. The topological polar surface area (TPSA) is 75.2 Å². The number of piperidine rings is 1. The van der Waals surface area contributed by atoms with Crippen LogP contribution in [-0.2, 0) is 28.7 Å². The van der Waals surface area contributed by atoms with Crippen molar-refractivity contribution in [1.82, 2.24) is 20.2 Å². The molecule has 1 aliphatic rings. The average molecular weight is 406 g/mol. The summed E-state index contributed by atoms with van der Waals surface area (Å²) in [6.45, 7) is 0.633. The van der Waals surface area contributed by atoms with Crippen LogP contribution < -0.4 is 5.32 Å². The fourth-order valence-corrected chi connectivity index (χ4v) is 3.27. The van der Waals surface area contributed by atoms with Crippen molar-refractivity contribution in [2.75, 3.05) is 13.1 Å². The zero-order valence-corrected chi connectivity index (χ0v) is 15.7. The molecule has 2 heterocycles. The van der Waals surface area contributed by atoms with Gasteiger partial charge in [-0.15, -0.1) is 0 Å². The number of amides is 2. The Bertz CT molecular complexity index is 858. The number of nitrogens with zero attached hydrogens (tertiary/aromatic N) is 3. The van der Waals surface area contributed by atoms with Crippen LogP contribution in [0.4, 0.5) is 13.2 Å². The Morgan fingerprint density at radius 1 is 1.28 bits per heavy atom. The van der Waals surface area contributed by atoms with E-state index in [2.05, 4.69) is 15.3 Å². The van der Waals surface area contributed by atoms with Gasteiger partial charge in [-0.25, -0.2) is 0 Å². The molecule has 0 saturated carbocycles. The molecular formula is C20H21F3N4O2. The standard InChI is InChI=1S/C20H21F3N4O2/c21-20(22,23)16-3-1-2-14(10-16)12-27-13-15(4-5-18(27)28)19(29)26-7-6-17-11-24-8-9-25-17/h1-3,8-11,15H,4-7,12-13H2,(H,26,29). The summed E-state index contributed by atoms with van der Waals surface area (Å²) in [4.78, 5) is 34.2. The van der Waals surface area contributed by atoms with Gasteiger partial charge in [0.05, 0.1) is 17.2 Å². The number of alkyl halides is 3. The molecule has 2 amide bonds. The van der Waals surface area contributed by atoms with Crippen LogP contribution in [0.2, 0.25) is 0 Å². The van der Waals surface area contributed by atoms with Gasteiger partial charge in [0.25, 0.3) is 0 Å². The van der Waals surface area contributed by atoms with Gasteiger partial charge in [-0.3, -0.25) is 19.6 Å². The molecule has 9 heteroatoms. The zero-order chi connectivity index (χ0) is 20.9. The van der Waals surface area contributed by atoms with Gasteiger partial charge in [-0.2, -0.15) is 13.2 Å². The van der Waals surface area contributed by atoms with Crippen LogP contribution in [0.5, 0.6) is 0 Å². The summed E-state index contributed by atoms with van der Waals surface area (Å²) in [7, 11) is 0. The van der Waals surface area contributed by atoms with E-state index in [1.165, 1.54) is 11.0 Å². The first-order valence-electron chi connectivity index (χ1n) is 9.29. The van der Waals surface area contributed by atoms with E-state index in [0.29, 0.717) is 24.9 Å². The highest BCUT2D eigenvalue weighted by Crippen LogP contribution is 2.30. The molecule has 1 saturated heterocycles. The van der Waals surface area contributed by atoms with E-state index in [1.807, 2.05) is 0 Å². The number of rotatable bonds is 6. The number of halogens is 3. The van der Waals surface area contributed by atoms with E-state index in [4.69, 9.17) is 0 Å². The maximum absolute atomic E-state index is 12.9. The number of benzene rings is 1. The van der Waals surface area contributed by atoms with Crippen LogP contribution in [0.1, 0.15) is 29.7 Å². The molecule has 3 rings (SSSR count). The molecule has 1 atom stereocenters. The lowest BCUT2D eigenvalue weighted by molar-refractivity contribution is -0.139. The third kappa shape index (κ3) is 5.75. The Balaban J connectivity index is 1.56. The third-order valence-corrected chi connectivity index (χ3v) is 4.80. The predicted molar refractivity (Wildman–Crippen MR) is 98.3 cm³/mol. The van der Waals surface area contributed by atoms with E-state index in [9.17, 15) is 22.8 Å². The summed E-state index contributed by atoms with van der Waals surface area (Å²) in [5, 5.41) is 2.84. The van der Waals surface area contributed by atoms with Crippen molar-refractivity contribution in [2.45, 2.75) is 32.0 Å². The first-order valence-corrected chi connectivity index (χ1v) is 9.29. The van der Waals surface area contributed by atoms with Crippen molar-refractivity contribution in [3.8, 4) is 0 Å². The number of likely N-dealkylation sites (tertiary alicyclic amines) is 1. The molecule has 0 bridgehead atoms. The fraction of sp³-hybridized carbons (Fsp3) is 0.400. The maximum Gasteiger partial charge on any atom is 0.416 e. The first-order chi connectivity index (χ1) is 13.8. The summed E-state index contributed by atoms with van der Waals surface area (Å²) < 4.78 is 38.7. The molecule has 0 aliphatic carbocycles. The van der Waals surface area contributed by atoms with Crippen LogP contribution in [0.15, 0.2) is 42.9 Å². The minimum atomic E-state index is -4.44. The lowest BCUT2D eigenvalue weighted by Crippen LogP contribution is -2.45. The third-order valence-electron chi connectivity index (χ3n) is 4.80. The van der Waals surface area contributed by atoms with Gasteiger partial charge in [0.2, 0.25) is 11.8 Å². The van der Waals surface area contributed by atoms with Crippen molar-refractivity contribution in [1.29, 1.82) is 0 Å². The lowest BCUT2D eigenvalue weighted by Gasteiger charge is -2.32. The quantitative estimate of drug-likeness (QED) is 0.800. The number of hydrogen-bond acceptors (Lipinski definition) is 4.